The molecule has 6 rings (SSSR count). The summed E-state index contributed by atoms with van der Waals surface area (Å²) < 4.78 is 5.67. The van der Waals surface area contributed by atoms with Crippen molar-refractivity contribution in [3.63, 3.8) is 0 Å². The highest BCUT2D eigenvalue weighted by molar-refractivity contribution is 9.12. The Balaban J connectivity index is 1.17. The van der Waals surface area contributed by atoms with E-state index < -0.39 is 11.9 Å². The monoisotopic (exact) mass is 652 g/mol. The van der Waals surface area contributed by atoms with Crippen LogP contribution in [0.2, 0.25) is 0 Å². The van der Waals surface area contributed by atoms with Crippen LogP contribution in [0.1, 0.15) is 24.8 Å². The molecule has 0 spiro atoms. The minimum Gasteiger partial charge on any atom is -0.426 e. The summed E-state index contributed by atoms with van der Waals surface area (Å²) in [6, 6.07) is 18.5. The topological polar surface area (TPSA) is 84.0 Å². The number of alkyl halides is 2. The summed E-state index contributed by atoms with van der Waals surface area (Å²) in [6.07, 6.45) is 1.28. The van der Waals surface area contributed by atoms with Gasteiger partial charge in [0.25, 0.3) is 0 Å². The average Bonchev–Trinajstić information content (AvgIpc) is 3.41. The number of nitrogens with zero attached hydrogens (tertiary/aromatic N) is 2. The molecule has 0 unspecified atom stereocenters. The van der Waals surface area contributed by atoms with Crippen LogP contribution in [-0.2, 0) is 19.2 Å². The van der Waals surface area contributed by atoms with Crippen molar-refractivity contribution in [1.82, 2.24) is 0 Å². The standard InChI is InChI=1S/C30H26Br2N2O5/c1-16-11-19(9-10-25(16)34-28(36)21-13-23(31)24(32)14-22(21)29(34)37)39-30(38)18-12-27(35)33(15-18)26-8-4-6-17-5-2-3-7-20(17)26/h2-11,18,21-24H,12-15H2,1H3/t18-,21-,22+,23+,24+/m1/s1. The Morgan fingerprint density at radius 1 is 0.872 bits per heavy atom. The number of benzene rings is 3. The van der Waals surface area contributed by atoms with Crippen molar-refractivity contribution in [2.75, 3.05) is 16.3 Å². The fraction of sp³-hybridized carbons (Fsp3) is 0.333. The molecule has 3 aromatic carbocycles. The fourth-order valence-electron chi connectivity index (χ4n) is 6.02. The van der Waals surface area contributed by atoms with Crippen molar-refractivity contribution >= 4 is 77.7 Å². The predicted molar refractivity (Wildman–Crippen MR) is 155 cm³/mol. The van der Waals surface area contributed by atoms with Crippen molar-refractivity contribution in [3.8, 4) is 5.75 Å². The second kappa shape index (κ2) is 10.2. The lowest BCUT2D eigenvalue weighted by Crippen LogP contribution is -2.34. The van der Waals surface area contributed by atoms with Gasteiger partial charge in [-0.3, -0.25) is 19.2 Å². The van der Waals surface area contributed by atoms with E-state index in [-0.39, 0.29) is 52.2 Å². The van der Waals surface area contributed by atoms with Gasteiger partial charge < -0.3 is 9.64 Å². The molecule has 3 amide bonds. The van der Waals surface area contributed by atoms with E-state index in [1.165, 1.54) is 4.90 Å². The van der Waals surface area contributed by atoms with Crippen LogP contribution < -0.4 is 14.5 Å². The maximum absolute atomic E-state index is 13.2. The molecule has 200 valence electrons. The summed E-state index contributed by atoms with van der Waals surface area (Å²) in [5, 5.41) is 1.98. The smallest absolute Gasteiger partial charge is 0.316 e. The summed E-state index contributed by atoms with van der Waals surface area (Å²) in [5.74, 6) is -1.92. The highest BCUT2D eigenvalue weighted by Gasteiger charge is 2.52. The first kappa shape index (κ1) is 26.2. The number of esters is 1. The van der Waals surface area contributed by atoms with Crippen molar-refractivity contribution in [3.05, 3.63) is 66.2 Å². The normalized spacial score (nSPS) is 26.8. The molecule has 3 aliphatic rings. The zero-order valence-corrected chi connectivity index (χ0v) is 24.4. The van der Waals surface area contributed by atoms with Gasteiger partial charge in [0.05, 0.1) is 29.1 Å². The molecule has 2 heterocycles. The van der Waals surface area contributed by atoms with Gasteiger partial charge in [-0.1, -0.05) is 68.3 Å². The Labute approximate surface area is 242 Å². The Hall–Kier alpha value is -3.04. The summed E-state index contributed by atoms with van der Waals surface area (Å²) in [5.41, 5.74) is 1.95. The number of ether oxygens (including phenoxy) is 1. The van der Waals surface area contributed by atoms with Crippen molar-refractivity contribution < 1.29 is 23.9 Å². The lowest BCUT2D eigenvalue weighted by molar-refractivity contribution is -0.139. The van der Waals surface area contributed by atoms with Gasteiger partial charge in [0, 0.05) is 28.0 Å². The molecular formula is C30H26Br2N2O5. The van der Waals surface area contributed by atoms with Crippen LogP contribution in [-0.4, -0.2) is 39.9 Å². The third-order valence-electron chi connectivity index (χ3n) is 8.05. The first-order chi connectivity index (χ1) is 18.7. The van der Waals surface area contributed by atoms with Crippen LogP contribution >= 0.6 is 31.9 Å². The quantitative estimate of drug-likeness (QED) is 0.160. The molecule has 2 saturated heterocycles. The zero-order chi connectivity index (χ0) is 27.4. The maximum atomic E-state index is 13.2. The number of anilines is 2. The van der Waals surface area contributed by atoms with Gasteiger partial charge in [-0.15, -0.1) is 0 Å². The second-order valence-corrected chi connectivity index (χ2v) is 12.9. The minimum absolute atomic E-state index is 0.0712. The van der Waals surface area contributed by atoms with Gasteiger partial charge in [0.15, 0.2) is 0 Å². The number of halogens is 2. The number of amides is 3. The summed E-state index contributed by atoms with van der Waals surface area (Å²) in [4.78, 5) is 55.6. The lowest BCUT2D eigenvalue weighted by atomic mass is 9.81. The Morgan fingerprint density at radius 3 is 2.23 bits per heavy atom. The van der Waals surface area contributed by atoms with Crippen LogP contribution in [0, 0.1) is 24.7 Å². The molecule has 0 N–H and O–H groups in total. The van der Waals surface area contributed by atoms with Crippen LogP contribution in [0.25, 0.3) is 10.8 Å². The van der Waals surface area contributed by atoms with Gasteiger partial charge in [0.2, 0.25) is 17.7 Å². The van der Waals surface area contributed by atoms with Gasteiger partial charge in [-0.05, 0) is 55.0 Å². The molecule has 3 aromatic rings. The molecule has 1 saturated carbocycles. The Morgan fingerprint density at radius 2 is 1.54 bits per heavy atom. The molecule has 7 nitrogen and oxygen atoms in total. The number of imide groups is 1. The van der Waals surface area contributed by atoms with Crippen LogP contribution in [0.3, 0.4) is 0 Å². The van der Waals surface area contributed by atoms with E-state index >= 15 is 0 Å². The number of hydrogen-bond donors (Lipinski definition) is 0. The van der Waals surface area contributed by atoms with Gasteiger partial charge >= 0.3 is 5.97 Å². The summed E-state index contributed by atoms with van der Waals surface area (Å²) in [6.45, 7) is 2.03. The van der Waals surface area contributed by atoms with E-state index in [2.05, 4.69) is 31.9 Å². The second-order valence-electron chi connectivity index (χ2n) is 10.5. The van der Waals surface area contributed by atoms with Gasteiger partial charge in [0.1, 0.15) is 5.75 Å². The minimum atomic E-state index is -0.601. The van der Waals surface area contributed by atoms with E-state index in [1.54, 1.807) is 30.0 Å². The van der Waals surface area contributed by atoms with E-state index in [9.17, 15) is 19.2 Å². The summed E-state index contributed by atoms with van der Waals surface area (Å²) >= 11 is 7.24. The number of carbonyl (C=O) groups is 4. The molecule has 3 fully saturated rings. The fourth-order valence-corrected chi connectivity index (χ4v) is 7.25. The highest BCUT2D eigenvalue weighted by atomic mass is 79.9. The molecule has 2 aliphatic heterocycles. The number of hydrogen-bond acceptors (Lipinski definition) is 5. The van der Waals surface area contributed by atoms with E-state index in [0.29, 0.717) is 29.8 Å². The Kier molecular flexibility index (Phi) is 6.83. The van der Waals surface area contributed by atoms with E-state index in [0.717, 1.165) is 16.5 Å². The van der Waals surface area contributed by atoms with Crippen molar-refractivity contribution in [1.29, 1.82) is 0 Å². The lowest BCUT2D eigenvalue weighted by Gasteiger charge is -2.29. The van der Waals surface area contributed by atoms with E-state index in [1.807, 2.05) is 42.5 Å². The average molecular weight is 654 g/mol. The zero-order valence-electron chi connectivity index (χ0n) is 21.2. The Bertz CT molecular complexity index is 1490. The molecule has 1 aliphatic carbocycles. The number of rotatable bonds is 4. The predicted octanol–water partition coefficient (Wildman–Crippen LogP) is 5.53. The number of carbonyl (C=O) groups excluding carboxylic acids is 4. The largest absolute Gasteiger partial charge is 0.426 e. The van der Waals surface area contributed by atoms with Crippen molar-refractivity contribution in [2.24, 2.45) is 17.8 Å². The SMILES string of the molecule is Cc1cc(OC(=O)[C@@H]2CC(=O)N(c3cccc4ccccc34)C2)ccc1N1C(=O)[C@H]2C[C@H](Br)[C@@H](Br)C[C@H]2C1=O. The molecule has 0 bridgehead atoms. The highest BCUT2D eigenvalue weighted by Crippen LogP contribution is 2.45. The van der Waals surface area contributed by atoms with Crippen molar-refractivity contribution in [2.45, 2.75) is 35.8 Å². The first-order valence-corrected chi connectivity index (χ1v) is 14.8. The first-order valence-electron chi connectivity index (χ1n) is 13.0. The third-order valence-corrected chi connectivity index (χ3v) is 10.8. The summed E-state index contributed by atoms with van der Waals surface area (Å²) in [7, 11) is 0. The molecule has 0 radical (unpaired) electrons. The molecule has 9 heteroatoms. The van der Waals surface area contributed by atoms with Crippen LogP contribution in [0.5, 0.6) is 5.75 Å². The third kappa shape index (κ3) is 4.59. The number of aryl methyl sites for hydroxylation is 1. The molecular weight excluding hydrogens is 628 g/mol. The maximum Gasteiger partial charge on any atom is 0.316 e. The van der Waals surface area contributed by atoms with Crippen LogP contribution in [0.4, 0.5) is 11.4 Å². The molecule has 5 atom stereocenters. The van der Waals surface area contributed by atoms with Gasteiger partial charge in [-0.2, -0.15) is 0 Å². The number of fused-ring (bicyclic) bond motifs is 2. The molecule has 39 heavy (non-hydrogen) atoms. The van der Waals surface area contributed by atoms with Crippen LogP contribution in [0.15, 0.2) is 60.7 Å². The van der Waals surface area contributed by atoms with E-state index in [4.69, 9.17) is 4.74 Å². The van der Waals surface area contributed by atoms with Gasteiger partial charge in [-0.25, -0.2) is 4.90 Å². The molecule has 0 aromatic heterocycles.